The predicted octanol–water partition coefficient (Wildman–Crippen LogP) is 6.17. The molecular weight excluding hydrogens is 668 g/mol. The van der Waals surface area contributed by atoms with Gasteiger partial charge in [-0.05, 0) is 48.2 Å². The Balaban J connectivity index is 1.87. The molecule has 4 rings (SSSR count). The van der Waals surface area contributed by atoms with Crippen molar-refractivity contribution >= 4 is 44.8 Å². The molecule has 49 heavy (non-hydrogen) atoms. The topological polar surface area (TPSA) is 139 Å². The van der Waals surface area contributed by atoms with Gasteiger partial charge in [-0.1, -0.05) is 92.2 Å². The van der Waals surface area contributed by atoms with Crippen LogP contribution in [0.1, 0.15) is 30.5 Å². The van der Waals surface area contributed by atoms with Gasteiger partial charge in [-0.25, -0.2) is 8.42 Å². The molecule has 11 nitrogen and oxygen atoms in total. The zero-order chi connectivity index (χ0) is 35.7. The second-order valence-electron chi connectivity index (χ2n) is 11.9. The number of nitrogens with one attached hydrogen (secondary N) is 1. The van der Waals surface area contributed by atoms with Crippen LogP contribution in [0, 0.1) is 23.0 Å². The van der Waals surface area contributed by atoms with E-state index in [-0.39, 0.29) is 40.9 Å². The summed E-state index contributed by atoms with van der Waals surface area (Å²) in [4.78, 5) is 40.6. The highest BCUT2D eigenvalue weighted by molar-refractivity contribution is 7.92. The molecule has 0 aliphatic rings. The molecule has 2 amide bonds. The maximum absolute atomic E-state index is 14.7. The summed E-state index contributed by atoms with van der Waals surface area (Å²) in [6.45, 7) is 4.98. The smallest absolute Gasteiger partial charge is 0.273 e. The van der Waals surface area contributed by atoms with Gasteiger partial charge < -0.3 is 15.0 Å². The molecule has 1 atom stereocenters. The second-order valence-corrected chi connectivity index (χ2v) is 14.2. The molecule has 258 valence electrons. The Bertz CT molecular complexity index is 1890. The number of sulfonamides is 1. The molecule has 1 N–H and O–H groups in total. The number of benzene rings is 4. The minimum Gasteiger partial charge on any atom is -0.495 e. The maximum atomic E-state index is 14.7. The van der Waals surface area contributed by atoms with Gasteiger partial charge in [0.05, 0.1) is 22.6 Å². The van der Waals surface area contributed by atoms with Crippen molar-refractivity contribution in [2.75, 3.05) is 24.5 Å². The van der Waals surface area contributed by atoms with Crippen molar-refractivity contribution in [2.24, 2.45) is 5.92 Å². The number of rotatable bonds is 15. The lowest BCUT2D eigenvalue weighted by molar-refractivity contribution is -0.385. The summed E-state index contributed by atoms with van der Waals surface area (Å²) in [5.74, 6) is -0.871. The summed E-state index contributed by atoms with van der Waals surface area (Å²) < 4.78 is 35.2. The Kier molecular flexibility index (Phi) is 12.4. The van der Waals surface area contributed by atoms with Crippen molar-refractivity contribution in [3.8, 4) is 5.75 Å². The number of methoxy groups -OCH3 is 1. The van der Waals surface area contributed by atoms with E-state index in [0.29, 0.717) is 6.54 Å². The van der Waals surface area contributed by atoms with Crippen LogP contribution in [-0.2, 0) is 32.6 Å². The molecule has 0 spiro atoms. The van der Waals surface area contributed by atoms with E-state index in [1.54, 1.807) is 12.1 Å². The number of halogens is 1. The second kappa shape index (κ2) is 16.4. The molecule has 0 heterocycles. The predicted molar refractivity (Wildman–Crippen MR) is 189 cm³/mol. The van der Waals surface area contributed by atoms with Crippen molar-refractivity contribution < 1.29 is 27.7 Å². The number of anilines is 1. The zero-order valence-corrected chi connectivity index (χ0v) is 29.3. The van der Waals surface area contributed by atoms with Gasteiger partial charge in [0, 0.05) is 36.2 Å². The Hall–Kier alpha value is -4.94. The molecule has 0 aliphatic carbocycles. The average molecular weight is 707 g/mol. The molecule has 4 aromatic carbocycles. The lowest BCUT2D eigenvalue weighted by Crippen LogP contribution is -2.53. The van der Waals surface area contributed by atoms with Gasteiger partial charge in [0.2, 0.25) is 11.8 Å². The van der Waals surface area contributed by atoms with Gasteiger partial charge in [-0.2, -0.15) is 0 Å². The van der Waals surface area contributed by atoms with Crippen molar-refractivity contribution in [3.05, 3.63) is 129 Å². The Labute approximate surface area is 291 Å². The SMILES string of the molecule is COc1ccc(Cl)cc1N(CC(=O)N(Cc1ccccc1)[C@H](Cc1ccccc1)C(=O)NCC(C)C)S(=O)(=O)c1ccc(C)c([N+](=O)[O-])c1. The van der Waals surface area contributed by atoms with Crippen molar-refractivity contribution in [1.29, 1.82) is 0 Å². The number of aryl methyl sites for hydroxylation is 1. The zero-order valence-electron chi connectivity index (χ0n) is 27.7. The summed E-state index contributed by atoms with van der Waals surface area (Å²) in [5, 5.41) is 14.9. The number of hydrogen-bond donors (Lipinski definition) is 1. The third kappa shape index (κ3) is 9.36. The molecule has 0 saturated heterocycles. The van der Waals surface area contributed by atoms with Gasteiger partial charge in [0.25, 0.3) is 15.7 Å². The third-order valence-electron chi connectivity index (χ3n) is 7.81. The molecule has 0 fully saturated rings. The minimum atomic E-state index is -4.66. The highest BCUT2D eigenvalue weighted by atomic mass is 35.5. The molecule has 0 aliphatic heterocycles. The summed E-state index contributed by atoms with van der Waals surface area (Å²) in [5.41, 5.74) is 1.31. The van der Waals surface area contributed by atoms with Crippen LogP contribution < -0.4 is 14.4 Å². The third-order valence-corrected chi connectivity index (χ3v) is 9.80. The normalized spacial score (nSPS) is 11.9. The first kappa shape index (κ1) is 36.9. The number of carbonyl (C=O) groups is 2. The fraction of sp³-hybridized carbons (Fsp3) is 0.278. The van der Waals surface area contributed by atoms with Crippen molar-refractivity contribution in [2.45, 2.75) is 44.7 Å². The van der Waals surface area contributed by atoms with Crippen LogP contribution in [0.4, 0.5) is 11.4 Å². The van der Waals surface area contributed by atoms with Crippen molar-refractivity contribution in [3.63, 3.8) is 0 Å². The molecule has 13 heteroatoms. The Morgan fingerprint density at radius 2 is 1.57 bits per heavy atom. The van der Waals surface area contributed by atoms with Gasteiger partial charge in [0.1, 0.15) is 18.3 Å². The number of nitro groups is 1. The minimum absolute atomic E-state index is 0.0111. The standard InChI is InChI=1S/C36H39ClN4O7S/c1-25(2)22-38-36(43)33(19-27-11-7-5-8-12-27)39(23-28-13-9-6-10-14-28)35(42)24-40(32-20-29(37)16-18-34(32)48-4)49(46,47)30-17-15-26(3)31(21-30)41(44)45/h5-18,20-21,25,33H,19,22-24H2,1-4H3,(H,38,43)/t33-/m1/s1. The van der Waals surface area contributed by atoms with Gasteiger partial charge in [-0.15, -0.1) is 0 Å². The highest BCUT2D eigenvalue weighted by Crippen LogP contribution is 2.36. The maximum Gasteiger partial charge on any atom is 0.273 e. The summed E-state index contributed by atoms with van der Waals surface area (Å²) in [6, 6.07) is 25.1. The lowest BCUT2D eigenvalue weighted by Gasteiger charge is -2.34. The first-order valence-corrected chi connectivity index (χ1v) is 17.4. The number of hydrogen-bond acceptors (Lipinski definition) is 7. The summed E-state index contributed by atoms with van der Waals surface area (Å²) >= 11 is 6.34. The van der Waals surface area contributed by atoms with E-state index in [1.165, 1.54) is 49.3 Å². The molecule has 0 unspecified atom stereocenters. The molecule has 0 bridgehead atoms. The number of amides is 2. The van der Waals surface area contributed by atoms with Crippen LogP contribution in [-0.4, -0.2) is 56.3 Å². The molecule has 0 aromatic heterocycles. The summed E-state index contributed by atoms with van der Waals surface area (Å²) in [7, 11) is -3.32. The fourth-order valence-corrected chi connectivity index (χ4v) is 6.80. The fourth-order valence-electron chi connectivity index (χ4n) is 5.20. The van der Waals surface area contributed by atoms with Gasteiger partial charge in [0.15, 0.2) is 0 Å². The molecule has 0 saturated carbocycles. The van der Waals surface area contributed by atoms with Crippen LogP contribution in [0.25, 0.3) is 0 Å². The van der Waals surface area contributed by atoms with E-state index in [1.807, 2.05) is 62.4 Å². The molecule has 0 radical (unpaired) electrons. The van der Waals surface area contributed by atoms with E-state index >= 15 is 0 Å². The quantitative estimate of drug-likeness (QED) is 0.115. The Morgan fingerprint density at radius 1 is 0.939 bits per heavy atom. The van der Waals surface area contributed by atoms with E-state index < -0.39 is 49.9 Å². The molecular formula is C36H39ClN4O7S. The van der Waals surface area contributed by atoms with Crippen LogP contribution in [0.5, 0.6) is 5.75 Å². The highest BCUT2D eigenvalue weighted by Gasteiger charge is 2.36. The first-order chi connectivity index (χ1) is 23.3. The van der Waals surface area contributed by atoms with E-state index in [2.05, 4.69) is 5.32 Å². The van der Waals surface area contributed by atoms with E-state index in [4.69, 9.17) is 16.3 Å². The van der Waals surface area contributed by atoms with Crippen LogP contribution in [0.3, 0.4) is 0 Å². The molecule has 4 aromatic rings. The van der Waals surface area contributed by atoms with Crippen LogP contribution >= 0.6 is 11.6 Å². The van der Waals surface area contributed by atoms with Crippen LogP contribution in [0.2, 0.25) is 5.02 Å². The number of nitro benzene ring substituents is 1. The first-order valence-electron chi connectivity index (χ1n) is 15.6. The van der Waals surface area contributed by atoms with Gasteiger partial charge >= 0.3 is 0 Å². The average Bonchev–Trinajstić information content (AvgIpc) is 3.08. The largest absolute Gasteiger partial charge is 0.495 e. The van der Waals surface area contributed by atoms with Crippen molar-refractivity contribution in [1.82, 2.24) is 10.2 Å². The van der Waals surface area contributed by atoms with E-state index in [9.17, 15) is 28.1 Å². The van der Waals surface area contributed by atoms with E-state index in [0.717, 1.165) is 21.5 Å². The number of nitrogens with zero attached hydrogens (tertiary/aromatic N) is 3. The Morgan fingerprint density at radius 3 is 2.16 bits per heavy atom. The lowest BCUT2D eigenvalue weighted by atomic mass is 10.0. The van der Waals surface area contributed by atoms with Crippen LogP contribution in [0.15, 0.2) is 102 Å². The number of ether oxygens (including phenoxy) is 1. The van der Waals surface area contributed by atoms with Gasteiger partial charge in [-0.3, -0.25) is 24.0 Å². The number of carbonyl (C=O) groups excluding carboxylic acids is 2. The monoisotopic (exact) mass is 706 g/mol. The summed E-state index contributed by atoms with van der Waals surface area (Å²) in [6.07, 6.45) is 0.154.